The van der Waals surface area contributed by atoms with Crippen LogP contribution >= 0.6 is 11.3 Å². The number of thiophene rings is 1. The summed E-state index contributed by atoms with van der Waals surface area (Å²) in [6.07, 6.45) is 0. The van der Waals surface area contributed by atoms with Crippen LogP contribution in [0.15, 0.2) is 127 Å². The number of rotatable bonds is 2. The molecule has 2 nitrogen and oxygen atoms in total. The predicted octanol–water partition coefficient (Wildman–Crippen LogP) is 9.71. The fourth-order valence-electron chi connectivity index (χ4n) is 8.11. The van der Waals surface area contributed by atoms with Crippen LogP contribution in [-0.4, -0.2) is 11.3 Å². The Bertz CT molecular complexity index is 2470. The number of hydrogen-bond acceptors (Lipinski definition) is 2. The van der Waals surface area contributed by atoms with E-state index in [0.717, 1.165) is 0 Å². The molecule has 6 aromatic carbocycles. The summed E-state index contributed by atoms with van der Waals surface area (Å²) in [6.45, 7) is 4.55. The van der Waals surface area contributed by atoms with Crippen LogP contribution in [0, 0.1) is 13.8 Å². The van der Waals surface area contributed by atoms with Crippen molar-refractivity contribution < 1.29 is 0 Å². The maximum Gasteiger partial charge on any atom is 0.333 e. The predicted molar refractivity (Wildman–Crippen MR) is 190 cm³/mol. The molecule has 4 heterocycles. The van der Waals surface area contributed by atoms with Crippen LogP contribution in [0.2, 0.25) is 0 Å². The number of aryl methyl sites for hydroxylation is 2. The molecule has 44 heavy (non-hydrogen) atoms. The fraction of sp³-hybridized carbons (Fsp3) is 0.0500. The number of benzene rings is 6. The molecule has 0 saturated heterocycles. The summed E-state index contributed by atoms with van der Waals surface area (Å²) in [5, 5.41) is 2.70. The quantitative estimate of drug-likeness (QED) is 0.186. The molecule has 0 N–H and O–H groups in total. The van der Waals surface area contributed by atoms with Gasteiger partial charge in [0.1, 0.15) is 0 Å². The first-order valence-electron chi connectivity index (χ1n) is 15.3. The van der Waals surface area contributed by atoms with Gasteiger partial charge in [0.15, 0.2) is 0 Å². The van der Waals surface area contributed by atoms with E-state index in [1.807, 2.05) is 11.3 Å². The van der Waals surface area contributed by atoms with Gasteiger partial charge in [-0.2, -0.15) is 0 Å². The highest BCUT2D eigenvalue weighted by molar-refractivity contribution is 7.27. The lowest BCUT2D eigenvalue weighted by molar-refractivity contribution is 1.25. The molecule has 2 aliphatic rings. The summed E-state index contributed by atoms with van der Waals surface area (Å²) in [6, 6.07) is 47.4. The second-order valence-corrected chi connectivity index (χ2v) is 13.3. The van der Waals surface area contributed by atoms with E-state index in [4.69, 9.17) is 0 Å². The van der Waals surface area contributed by atoms with Crippen molar-refractivity contribution in [3.8, 4) is 22.3 Å². The highest BCUT2D eigenvalue weighted by atomic mass is 32.1. The summed E-state index contributed by atoms with van der Waals surface area (Å²) >= 11 is 1.93. The van der Waals surface area contributed by atoms with Crippen molar-refractivity contribution in [1.29, 1.82) is 0 Å². The Morgan fingerprint density at radius 3 is 2.18 bits per heavy atom. The van der Waals surface area contributed by atoms with E-state index in [-0.39, 0.29) is 6.85 Å². The molecule has 0 atom stereocenters. The maximum atomic E-state index is 2.69. The Morgan fingerprint density at radius 2 is 1.32 bits per heavy atom. The third-order valence-corrected chi connectivity index (χ3v) is 11.0. The molecule has 2 aliphatic heterocycles. The molecular formula is C40H27BN2S. The third-order valence-electron chi connectivity index (χ3n) is 9.81. The first kappa shape index (κ1) is 24.4. The molecule has 0 bridgehead atoms. The van der Waals surface area contributed by atoms with Gasteiger partial charge in [-0.3, -0.25) is 0 Å². The van der Waals surface area contributed by atoms with Crippen molar-refractivity contribution in [2.75, 3.05) is 4.90 Å². The van der Waals surface area contributed by atoms with Gasteiger partial charge in [0.2, 0.25) is 0 Å². The minimum absolute atomic E-state index is 0.0658. The molecule has 0 fully saturated rings. The normalized spacial score (nSPS) is 13.1. The largest absolute Gasteiger partial charge is 0.374 e. The molecule has 4 heteroatoms. The fourth-order valence-corrected chi connectivity index (χ4v) is 9.33. The van der Waals surface area contributed by atoms with Gasteiger partial charge in [0.05, 0.1) is 10.2 Å². The number of fused-ring (bicyclic) bond motifs is 9. The lowest BCUT2D eigenvalue weighted by atomic mass is 9.45. The number of para-hydroxylation sites is 3. The van der Waals surface area contributed by atoms with Crippen LogP contribution in [0.1, 0.15) is 11.1 Å². The van der Waals surface area contributed by atoms with Gasteiger partial charge in [-0.05, 0) is 89.0 Å². The van der Waals surface area contributed by atoms with Gasteiger partial charge >= 0.3 is 6.85 Å². The monoisotopic (exact) mass is 578 g/mol. The average molecular weight is 579 g/mol. The van der Waals surface area contributed by atoms with Crippen LogP contribution in [0.4, 0.5) is 17.1 Å². The van der Waals surface area contributed by atoms with Crippen LogP contribution in [-0.2, 0) is 0 Å². The van der Waals surface area contributed by atoms with E-state index in [1.165, 1.54) is 92.6 Å². The summed E-state index contributed by atoms with van der Waals surface area (Å²) in [7, 11) is 0. The first-order chi connectivity index (χ1) is 21.7. The van der Waals surface area contributed by atoms with E-state index in [1.54, 1.807) is 0 Å². The van der Waals surface area contributed by atoms with E-state index < -0.39 is 0 Å². The Hall–Kier alpha value is -5.06. The molecule has 8 aromatic rings. The summed E-state index contributed by atoms with van der Waals surface area (Å²) in [4.78, 5) is 2.50. The molecule has 0 amide bonds. The van der Waals surface area contributed by atoms with Gasteiger partial charge in [0.25, 0.3) is 0 Å². The third kappa shape index (κ3) is 3.06. The smallest absolute Gasteiger partial charge is 0.333 e. The van der Waals surface area contributed by atoms with Gasteiger partial charge < -0.3 is 9.38 Å². The molecule has 0 saturated carbocycles. The molecule has 0 spiro atoms. The van der Waals surface area contributed by atoms with Crippen molar-refractivity contribution in [3.63, 3.8) is 0 Å². The Labute approximate surface area is 260 Å². The zero-order valence-corrected chi connectivity index (χ0v) is 25.3. The molecule has 0 unspecified atom stereocenters. The highest BCUT2D eigenvalue weighted by Gasteiger charge is 2.43. The molecular weight excluding hydrogens is 551 g/mol. The SMILES string of the molecule is Cc1cccc(C)c1-c1cc2c3c(c1)N(c1ccccc1)c1ccccc1B3n1c3c-2cccc3c2sc3ccccc3c21. The number of anilines is 3. The van der Waals surface area contributed by atoms with Crippen LogP contribution in [0.3, 0.4) is 0 Å². The Balaban J connectivity index is 1.42. The second-order valence-electron chi connectivity index (χ2n) is 12.2. The Morgan fingerprint density at radius 1 is 0.591 bits per heavy atom. The zero-order chi connectivity index (χ0) is 29.1. The minimum Gasteiger partial charge on any atom is -0.374 e. The summed E-state index contributed by atoms with van der Waals surface area (Å²) in [5.41, 5.74) is 17.0. The van der Waals surface area contributed by atoms with E-state index >= 15 is 0 Å². The minimum atomic E-state index is 0.0658. The highest BCUT2D eigenvalue weighted by Crippen LogP contribution is 2.49. The lowest BCUT2D eigenvalue weighted by Crippen LogP contribution is -2.56. The van der Waals surface area contributed by atoms with Gasteiger partial charge in [-0.1, -0.05) is 91.0 Å². The zero-order valence-electron chi connectivity index (χ0n) is 24.5. The van der Waals surface area contributed by atoms with Crippen LogP contribution < -0.4 is 15.8 Å². The summed E-state index contributed by atoms with van der Waals surface area (Å²) in [5.74, 6) is 0. The van der Waals surface area contributed by atoms with Crippen LogP contribution in [0.25, 0.3) is 53.5 Å². The maximum absolute atomic E-state index is 2.69. The average Bonchev–Trinajstić information content (AvgIpc) is 3.59. The number of nitrogens with zero attached hydrogens (tertiary/aromatic N) is 2. The Kier molecular flexibility index (Phi) is 4.85. The molecule has 2 aromatic heterocycles. The van der Waals surface area contributed by atoms with Gasteiger partial charge in [0, 0.05) is 43.6 Å². The van der Waals surface area contributed by atoms with Crippen molar-refractivity contribution in [2.24, 2.45) is 0 Å². The van der Waals surface area contributed by atoms with Crippen molar-refractivity contribution in [1.82, 2.24) is 4.48 Å². The first-order valence-corrected chi connectivity index (χ1v) is 16.1. The molecule has 10 rings (SSSR count). The topological polar surface area (TPSA) is 8.17 Å². The molecule has 0 aliphatic carbocycles. The number of hydrogen-bond donors (Lipinski definition) is 0. The van der Waals surface area contributed by atoms with Crippen molar-refractivity contribution in [2.45, 2.75) is 13.8 Å². The van der Waals surface area contributed by atoms with E-state index in [0.29, 0.717) is 0 Å². The van der Waals surface area contributed by atoms with E-state index in [2.05, 4.69) is 151 Å². The van der Waals surface area contributed by atoms with Crippen LogP contribution in [0.5, 0.6) is 0 Å². The van der Waals surface area contributed by atoms with Gasteiger partial charge in [-0.25, -0.2) is 0 Å². The summed E-state index contributed by atoms with van der Waals surface area (Å²) < 4.78 is 5.42. The number of aromatic nitrogens is 1. The molecule has 206 valence electrons. The van der Waals surface area contributed by atoms with Crippen molar-refractivity contribution in [3.05, 3.63) is 139 Å². The standard InChI is InChI=1S/C40H27BN2S/c1-24-12-10-13-25(2)36(24)26-22-31-28-17-11-18-30-38(28)43(39-29-16-6-9-21-35(29)44-40(30)39)41-32-19-7-8-20-33(32)42(34(23-26)37(31)41)27-14-4-3-5-15-27/h3-23H,1-2H3. The van der Waals surface area contributed by atoms with Gasteiger partial charge in [-0.15, -0.1) is 11.3 Å². The lowest BCUT2D eigenvalue weighted by Gasteiger charge is -2.41. The second kappa shape index (κ2) is 8.75. The van der Waals surface area contributed by atoms with Crippen molar-refractivity contribution >= 4 is 77.4 Å². The molecule has 0 radical (unpaired) electrons. The van der Waals surface area contributed by atoms with E-state index in [9.17, 15) is 0 Å².